The molecule has 1 aliphatic carbocycles. The van der Waals surface area contributed by atoms with Gasteiger partial charge in [-0.05, 0) is 25.8 Å². The van der Waals surface area contributed by atoms with E-state index in [1.54, 1.807) is 12.1 Å². The molecule has 1 unspecified atom stereocenters. The summed E-state index contributed by atoms with van der Waals surface area (Å²) in [7, 11) is 0. The van der Waals surface area contributed by atoms with Gasteiger partial charge in [0.25, 0.3) is 0 Å². The van der Waals surface area contributed by atoms with E-state index in [0.29, 0.717) is 5.56 Å². The molecule has 0 saturated heterocycles. The molecule has 2 nitrogen and oxygen atoms in total. The van der Waals surface area contributed by atoms with Crippen molar-refractivity contribution in [2.45, 2.75) is 50.8 Å². The van der Waals surface area contributed by atoms with E-state index in [1.165, 1.54) is 6.07 Å². The summed E-state index contributed by atoms with van der Waals surface area (Å²) in [5, 5.41) is 13.2. The average molecular weight is 237 g/mol. The Hall–Kier alpha value is -0.930. The van der Waals surface area contributed by atoms with Crippen LogP contribution in [0.25, 0.3) is 0 Å². The lowest BCUT2D eigenvalue weighted by Gasteiger charge is -2.31. The Morgan fingerprint density at radius 1 is 1.29 bits per heavy atom. The molecule has 1 aromatic rings. The van der Waals surface area contributed by atoms with E-state index in [4.69, 9.17) is 0 Å². The van der Waals surface area contributed by atoms with E-state index >= 15 is 0 Å². The van der Waals surface area contributed by atoms with Gasteiger partial charge in [-0.2, -0.15) is 0 Å². The maximum atomic E-state index is 13.6. The van der Waals surface area contributed by atoms with Gasteiger partial charge in [0.05, 0.1) is 6.10 Å². The monoisotopic (exact) mass is 237 g/mol. The lowest BCUT2D eigenvalue weighted by Crippen LogP contribution is -2.43. The fraction of sp³-hybridized carbons (Fsp3) is 0.571. The predicted molar refractivity (Wildman–Crippen MR) is 66.2 cm³/mol. The van der Waals surface area contributed by atoms with Crippen LogP contribution in [0.3, 0.4) is 0 Å². The summed E-state index contributed by atoms with van der Waals surface area (Å²) in [5.74, 6) is -0.183. The van der Waals surface area contributed by atoms with Crippen molar-refractivity contribution in [2.24, 2.45) is 0 Å². The highest BCUT2D eigenvalue weighted by Gasteiger charge is 2.24. The van der Waals surface area contributed by atoms with Crippen LogP contribution < -0.4 is 5.32 Å². The minimum Gasteiger partial charge on any atom is -0.392 e. The van der Waals surface area contributed by atoms with E-state index in [0.717, 1.165) is 25.7 Å². The second kappa shape index (κ2) is 5.61. The number of hydrogen-bond donors (Lipinski definition) is 2. The third-order valence-corrected chi connectivity index (χ3v) is 3.57. The molecule has 1 aliphatic rings. The van der Waals surface area contributed by atoms with Gasteiger partial charge in [-0.25, -0.2) is 4.39 Å². The number of benzene rings is 1. The Kier molecular flexibility index (Phi) is 4.13. The number of nitrogens with one attached hydrogen (secondary N) is 1. The SMILES string of the molecule is CC(N[C@@H]1CCCC[C@H]1O)c1ccccc1F. The maximum Gasteiger partial charge on any atom is 0.127 e. The van der Waals surface area contributed by atoms with Crippen LogP contribution in [0.15, 0.2) is 24.3 Å². The zero-order chi connectivity index (χ0) is 12.3. The van der Waals surface area contributed by atoms with E-state index in [9.17, 15) is 9.50 Å². The van der Waals surface area contributed by atoms with Gasteiger partial charge in [0, 0.05) is 17.6 Å². The first-order chi connectivity index (χ1) is 8.18. The smallest absolute Gasteiger partial charge is 0.127 e. The van der Waals surface area contributed by atoms with Crippen LogP contribution >= 0.6 is 0 Å². The van der Waals surface area contributed by atoms with Crippen LogP contribution in [0.1, 0.15) is 44.2 Å². The zero-order valence-corrected chi connectivity index (χ0v) is 10.2. The molecule has 1 aromatic carbocycles. The predicted octanol–water partition coefficient (Wildman–Crippen LogP) is 2.78. The first-order valence-electron chi connectivity index (χ1n) is 6.37. The first kappa shape index (κ1) is 12.5. The van der Waals surface area contributed by atoms with Crippen LogP contribution in [0.2, 0.25) is 0 Å². The van der Waals surface area contributed by atoms with Crippen LogP contribution in [0.4, 0.5) is 4.39 Å². The van der Waals surface area contributed by atoms with Crippen LogP contribution in [-0.4, -0.2) is 17.3 Å². The third-order valence-electron chi connectivity index (χ3n) is 3.57. The summed E-state index contributed by atoms with van der Waals surface area (Å²) in [6.45, 7) is 1.94. The molecule has 3 atom stereocenters. The highest BCUT2D eigenvalue weighted by atomic mass is 19.1. The molecular formula is C14H20FNO. The molecule has 1 saturated carbocycles. The van der Waals surface area contributed by atoms with Crippen molar-refractivity contribution in [3.8, 4) is 0 Å². The van der Waals surface area contributed by atoms with E-state index < -0.39 is 0 Å². The minimum absolute atomic E-state index is 0.0612. The van der Waals surface area contributed by atoms with E-state index in [1.807, 2.05) is 13.0 Å². The zero-order valence-electron chi connectivity index (χ0n) is 10.2. The molecule has 0 amide bonds. The van der Waals surface area contributed by atoms with Crippen molar-refractivity contribution in [1.82, 2.24) is 5.32 Å². The molecule has 0 aliphatic heterocycles. The highest BCUT2D eigenvalue weighted by Crippen LogP contribution is 2.23. The minimum atomic E-state index is -0.294. The standard InChI is InChI=1S/C14H20FNO/c1-10(11-6-2-3-7-12(11)15)16-13-8-4-5-9-14(13)17/h2-3,6-7,10,13-14,16-17H,4-5,8-9H2,1H3/t10?,13-,14-/m1/s1. The van der Waals surface area contributed by atoms with Crippen molar-refractivity contribution < 1.29 is 9.50 Å². The van der Waals surface area contributed by atoms with Gasteiger partial charge >= 0.3 is 0 Å². The molecule has 0 bridgehead atoms. The summed E-state index contributed by atoms with van der Waals surface area (Å²) in [5.41, 5.74) is 0.672. The summed E-state index contributed by atoms with van der Waals surface area (Å²) in [6.07, 6.45) is 3.76. The Morgan fingerprint density at radius 2 is 2.00 bits per heavy atom. The molecular weight excluding hydrogens is 217 g/mol. The van der Waals surface area contributed by atoms with Gasteiger partial charge in [-0.3, -0.25) is 0 Å². The Bertz CT molecular complexity index is 369. The lowest BCUT2D eigenvalue weighted by atomic mass is 9.91. The van der Waals surface area contributed by atoms with E-state index in [-0.39, 0.29) is 24.0 Å². The van der Waals surface area contributed by atoms with Crippen LogP contribution in [0.5, 0.6) is 0 Å². The number of rotatable bonds is 3. The molecule has 3 heteroatoms. The quantitative estimate of drug-likeness (QED) is 0.847. The molecule has 94 valence electrons. The first-order valence-corrected chi connectivity index (χ1v) is 6.37. The second-order valence-corrected chi connectivity index (χ2v) is 4.87. The van der Waals surface area contributed by atoms with E-state index in [2.05, 4.69) is 5.32 Å². The summed E-state index contributed by atoms with van der Waals surface area (Å²) < 4.78 is 13.6. The Morgan fingerprint density at radius 3 is 2.71 bits per heavy atom. The van der Waals surface area contributed by atoms with Gasteiger partial charge in [-0.15, -0.1) is 0 Å². The van der Waals surface area contributed by atoms with Gasteiger partial charge in [0.1, 0.15) is 5.82 Å². The van der Waals surface area contributed by atoms with Crippen molar-refractivity contribution >= 4 is 0 Å². The fourth-order valence-corrected chi connectivity index (χ4v) is 2.54. The lowest BCUT2D eigenvalue weighted by molar-refractivity contribution is 0.0857. The Balaban J connectivity index is 2.01. The largest absolute Gasteiger partial charge is 0.392 e. The van der Waals surface area contributed by atoms with Crippen molar-refractivity contribution in [3.63, 3.8) is 0 Å². The number of aliphatic hydroxyl groups is 1. The van der Waals surface area contributed by atoms with Gasteiger partial charge in [-0.1, -0.05) is 31.0 Å². The fourth-order valence-electron chi connectivity index (χ4n) is 2.54. The maximum absolute atomic E-state index is 13.6. The van der Waals surface area contributed by atoms with Crippen molar-refractivity contribution in [2.75, 3.05) is 0 Å². The number of hydrogen-bond acceptors (Lipinski definition) is 2. The second-order valence-electron chi connectivity index (χ2n) is 4.87. The molecule has 0 heterocycles. The normalized spacial score (nSPS) is 26.8. The van der Waals surface area contributed by atoms with Crippen molar-refractivity contribution in [3.05, 3.63) is 35.6 Å². The summed E-state index contributed by atoms with van der Waals surface area (Å²) in [4.78, 5) is 0. The number of halogens is 1. The molecule has 0 aromatic heterocycles. The van der Waals surface area contributed by atoms with Gasteiger partial charge in [0.15, 0.2) is 0 Å². The number of aliphatic hydroxyl groups excluding tert-OH is 1. The molecule has 2 N–H and O–H groups in total. The average Bonchev–Trinajstić information content (AvgIpc) is 2.32. The summed E-state index contributed by atoms with van der Waals surface area (Å²) in [6, 6.07) is 6.84. The van der Waals surface area contributed by atoms with Gasteiger partial charge < -0.3 is 10.4 Å². The molecule has 1 fully saturated rings. The van der Waals surface area contributed by atoms with Crippen LogP contribution in [-0.2, 0) is 0 Å². The van der Waals surface area contributed by atoms with Gasteiger partial charge in [0.2, 0.25) is 0 Å². The molecule has 17 heavy (non-hydrogen) atoms. The third kappa shape index (κ3) is 3.05. The summed E-state index contributed by atoms with van der Waals surface area (Å²) >= 11 is 0. The highest BCUT2D eigenvalue weighted by molar-refractivity contribution is 5.20. The van der Waals surface area contributed by atoms with Crippen LogP contribution in [0, 0.1) is 5.82 Å². The molecule has 0 radical (unpaired) electrons. The topological polar surface area (TPSA) is 32.3 Å². The Labute approximate surface area is 102 Å². The van der Waals surface area contributed by atoms with Crippen molar-refractivity contribution in [1.29, 1.82) is 0 Å². The molecule has 0 spiro atoms. The molecule has 2 rings (SSSR count).